The zero-order valence-corrected chi connectivity index (χ0v) is 51.0. The van der Waals surface area contributed by atoms with Crippen LogP contribution >= 0.6 is 11.3 Å². The third kappa shape index (κ3) is 18.0. The van der Waals surface area contributed by atoms with E-state index in [9.17, 15) is 14.4 Å². The van der Waals surface area contributed by atoms with Crippen LogP contribution in [-0.2, 0) is 66.9 Å². The summed E-state index contributed by atoms with van der Waals surface area (Å²) in [6.45, 7) is 20.4. The molecule has 2 aromatic carbocycles. The fourth-order valence-corrected chi connectivity index (χ4v) is 12.7. The smallest absolute Gasteiger partial charge is 0.257 e. The van der Waals surface area contributed by atoms with Gasteiger partial charge in [-0.1, -0.05) is 68.0 Å². The van der Waals surface area contributed by atoms with Crippen molar-refractivity contribution >= 4 is 50.6 Å². The lowest BCUT2D eigenvalue weighted by Crippen LogP contribution is -2.49. The first-order valence-corrected chi connectivity index (χ1v) is 30.6. The van der Waals surface area contributed by atoms with Crippen LogP contribution in [-0.4, -0.2) is 195 Å². The molecule has 4 heterocycles. The van der Waals surface area contributed by atoms with Crippen LogP contribution < -0.4 is 15.5 Å². The lowest BCUT2D eigenvalue weighted by Gasteiger charge is -2.56. The van der Waals surface area contributed by atoms with Crippen molar-refractivity contribution in [3.8, 4) is 11.1 Å². The molecule has 458 valence electrons. The van der Waals surface area contributed by atoms with Gasteiger partial charge in [0.1, 0.15) is 11.5 Å². The van der Waals surface area contributed by atoms with E-state index in [4.69, 9.17) is 52.7 Å². The van der Waals surface area contributed by atoms with Gasteiger partial charge in [-0.2, -0.15) is 5.10 Å². The Bertz CT molecular complexity index is 2880. The fraction of sp³-hybridized carbons (Fsp3) is 0.587. The lowest BCUT2D eigenvalue weighted by atomic mass is 9.48. The molecule has 21 heteroatoms. The molecule has 0 radical (unpaired) electrons. The Morgan fingerprint density at radius 2 is 1.44 bits per heavy atom. The van der Waals surface area contributed by atoms with Crippen LogP contribution in [0.3, 0.4) is 0 Å². The Hall–Kier alpha value is -5.56. The third-order valence-corrected chi connectivity index (χ3v) is 16.7. The molecule has 5 aromatic rings. The number of anilines is 2. The number of amides is 2. The minimum absolute atomic E-state index is 0.00123. The van der Waals surface area contributed by atoms with Gasteiger partial charge in [0, 0.05) is 61.0 Å². The number of nitrogens with one attached hydrogen (secondary N) is 2. The van der Waals surface area contributed by atoms with E-state index in [0.29, 0.717) is 167 Å². The summed E-state index contributed by atoms with van der Waals surface area (Å²) in [5, 5.41) is 11.6. The number of benzene rings is 2. The van der Waals surface area contributed by atoms with Gasteiger partial charge in [-0.15, -0.1) is 0 Å². The Labute approximate surface area is 499 Å². The summed E-state index contributed by atoms with van der Waals surface area (Å²) in [5.41, 5.74) is 7.79. The summed E-state index contributed by atoms with van der Waals surface area (Å²) in [7, 11) is 3.70. The van der Waals surface area contributed by atoms with Crippen molar-refractivity contribution in [2.24, 2.45) is 16.7 Å². The minimum Gasteiger partial charge on any atom is -0.379 e. The Morgan fingerprint density at radius 1 is 0.798 bits per heavy atom. The highest BCUT2D eigenvalue weighted by molar-refractivity contribution is 7.22. The number of para-hydroxylation sites is 1. The summed E-state index contributed by atoms with van der Waals surface area (Å²) in [6.07, 6.45) is 8.89. The first-order valence-electron chi connectivity index (χ1n) is 29.8. The van der Waals surface area contributed by atoms with Gasteiger partial charge in [0.25, 0.3) is 5.91 Å². The number of likely N-dealkylation sites (N-methyl/N-ethyl adjacent to an activating group) is 2. The van der Waals surface area contributed by atoms with Gasteiger partial charge >= 0.3 is 0 Å². The second kappa shape index (κ2) is 32.8. The van der Waals surface area contributed by atoms with Crippen molar-refractivity contribution in [3.63, 3.8) is 0 Å². The molecule has 84 heavy (non-hydrogen) atoms. The number of hydrogen-bond acceptors (Lipinski definition) is 18. The summed E-state index contributed by atoms with van der Waals surface area (Å²) in [5.74, 6) is 1.01. The molecule has 3 atom stereocenters. The van der Waals surface area contributed by atoms with Gasteiger partial charge in [-0.05, 0) is 92.4 Å². The number of nitrogens with zero attached hydrogens (tertiary/aromatic N) is 6. The Balaban J connectivity index is 0.712. The number of aldehydes is 1. The third-order valence-electron chi connectivity index (χ3n) is 15.7. The monoisotopic (exact) mass is 1180 g/mol. The minimum atomic E-state index is -0.202. The molecule has 2 amide bonds. The van der Waals surface area contributed by atoms with Gasteiger partial charge in [-0.3, -0.25) is 24.4 Å². The molecule has 8 rings (SSSR count). The molecule has 1 fully saturated rings. The van der Waals surface area contributed by atoms with Crippen molar-refractivity contribution in [3.05, 3.63) is 101 Å². The highest BCUT2D eigenvalue weighted by Gasteiger charge is 2.60. The molecule has 1 saturated carbocycles. The molecule has 3 aromatic heterocycles. The SMILES string of the molecule is CNCCOCCOCCOCCOCCOCCOCCOCCOCCC(=O)N(C)CCOC1C=C2C(C)(CC(C)C)CC2(Cn2ncc(-c3ccc(N4CCc5cccc(C(=O)Nc6nc7ccccc7s6)c5C4)nc3C=O)c2C)C1. The Morgan fingerprint density at radius 3 is 2.07 bits per heavy atom. The standard InChI is InChI=1S/C63H88N8O12S/c1-46(2)39-62(4)44-63(40-49(38-57(62)63)83-23-20-69(6)59(73)17-21-75-24-26-77-28-30-79-32-34-81-36-37-82-35-33-80-31-29-78-27-25-76-22-18-64-5)45-71-47(3)52(41-65-71)50-14-15-58(66-55(50)43-72)70-19-16-48-10-9-11-51(53(48)42-70)60(74)68-61-67-54-12-7-8-13-56(54)84-61/h7-15,38,41,43,46,49,64H,16-37,39-40,42,44-45H2,1-6H3,(H,67,68,74). The summed E-state index contributed by atoms with van der Waals surface area (Å²) < 4.78 is 54.0. The molecule has 2 aliphatic carbocycles. The van der Waals surface area contributed by atoms with Crippen LogP contribution in [0.4, 0.5) is 10.9 Å². The van der Waals surface area contributed by atoms with Crippen LogP contribution in [0.25, 0.3) is 21.3 Å². The maximum atomic E-state index is 13.7. The number of rotatable bonds is 40. The molecule has 0 spiro atoms. The average molecular weight is 1180 g/mol. The first kappa shape index (κ1) is 64.4. The number of aromatic nitrogens is 4. The maximum absolute atomic E-state index is 13.7. The van der Waals surface area contributed by atoms with Gasteiger partial charge in [-0.25, -0.2) is 9.97 Å². The van der Waals surface area contributed by atoms with Crippen LogP contribution in [0.2, 0.25) is 0 Å². The van der Waals surface area contributed by atoms with E-state index in [1.807, 2.05) is 68.8 Å². The summed E-state index contributed by atoms with van der Waals surface area (Å²) in [6, 6.07) is 17.6. The highest BCUT2D eigenvalue weighted by Crippen LogP contribution is 2.67. The lowest BCUT2D eigenvalue weighted by molar-refractivity contribution is -0.132. The Kier molecular flexibility index (Phi) is 25.2. The molecular formula is C63H88N8O12S. The van der Waals surface area contributed by atoms with Crippen molar-refractivity contribution in [1.82, 2.24) is 30.0 Å². The molecular weight excluding hydrogens is 1090 g/mol. The molecule has 0 saturated heterocycles. The van der Waals surface area contributed by atoms with Crippen molar-refractivity contribution in [2.75, 3.05) is 156 Å². The van der Waals surface area contributed by atoms with Gasteiger partial charge < -0.3 is 57.7 Å². The van der Waals surface area contributed by atoms with E-state index in [2.05, 4.69) is 65.0 Å². The number of hydrogen-bond donors (Lipinski definition) is 2. The molecule has 1 aliphatic heterocycles. The number of ether oxygens (including phenoxy) is 9. The number of thiazole rings is 1. The van der Waals surface area contributed by atoms with Gasteiger partial charge in [0.15, 0.2) is 11.4 Å². The molecule has 3 aliphatic rings. The van der Waals surface area contributed by atoms with Gasteiger partial charge in [0.05, 0.1) is 148 Å². The van der Waals surface area contributed by atoms with E-state index in [1.165, 1.54) is 16.9 Å². The predicted molar refractivity (Wildman–Crippen MR) is 324 cm³/mol. The molecule has 3 unspecified atom stereocenters. The van der Waals surface area contributed by atoms with E-state index in [0.717, 1.165) is 76.7 Å². The van der Waals surface area contributed by atoms with Gasteiger partial charge in [0.2, 0.25) is 5.91 Å². The molecule has 2 N–H and O–H groups in total. The number of fused-ring (bicyclic) bond motifs is 3. The second-order valence-electron chi connectivity index (χ2n) is 22.5. The average Bonchev–Trinajstić information content (AvgIpc) is 1.51. The number of carbonyl (C=O) groups is 3. The zero-order chi connectivity index (χ0) is 59.2. The molecule has 20 nitrogen and oxygen atoms in total. The first-order chi connectivity index (χ1) is 40.9. The number of carbonyl (C=O) groups excluding carboxylic acids is 3. The van der Waals surface area contributed by atoms with Crippen LogP contribution in [0, 0.1) is 23.7 Å². The predicted octanol–water partition coefficient (Wildman–Crippen LogP) is 7.85. The van der Waals surface area contributed by atoms with Crippen LogP contribution in [0.15, 0.2) is 72.4 Å². The normalized spacial score (nSPS) is 18.2. The fourth-order valence-electron chi connectivity index (χ4n) is 11.9. The zero-order valence-electron chi connectivity index (χ0n) is 50.2. The highest BCUT2D eigenvalue weighted by atomic mass is 32.1. The quantitative estimate of drug-likeness (QED) is 0.0217. The van der Waals surface area contributed by atoms with Crippen LogP contribution in [0.1, 0.15) is 84.1 Å². The van der Waals surface area contributed by atoms with E-state index in [1.54, 1.807) is 4.90 Å². The topological polar surface area (TPSA) is 208 Å². The second-order valence-corrected chi connectivity index (χ2v) is 23.5. The van der Waals surface area contributed by atoms with Crippen molar-refractivity contribution in [2.45, 2.75) is 79.0 Å². The summed E-state index contributed by atoms with van der Waals surface area (Å²) in [4.78, 5) is 53.0. The van der Waals surface area contributed by atoms with E-state index >= 15 is 0 Å². The van der Waals surface area contributed by atoms with Crippen molar-refractivity contribution < 1.29 is 57.0 Å². The number of pyridine rings is 1. The van der Waals surface area contributed by atoms with Crippen LogP contribution in [0.5, 0.6) is 0 Å². The summed E-state index contributed by atoms with van der Waals surface area (Å²) >= 11 is 1.45. The van der Waals surface area contributed by atoms with E-state index in [-0.39, 0.29) is 35.2 Å². The maximum Gasteiger partial charge on any atom is 0.257 e. The molecule has 0 bridgehead atoms. The van der Waals surface area contributed by atoms with E-state index < -0.39 is 0 Å². The van der Waals surface area contributed by atoms with Crippen molar-refractivity contribution in [1.29, 1.82) is 0 Å². The largest absolute Gasteiger partial charge is 0.379 e. The number of allylic oxidation sites excluding steroid dienone is 1.